The molecule has 2 amide bonds. The summed E-state index contributed by atoms with van der Waals surface area (Å²) >= 11 is 0.941. The van der Waals surface area contributed by atoms with E-state index in [9.17, 15) is 14.4 Å². The Kier molecular flexibility index (Phi) is 13.5. The molecule has 0 saturated carbocycles. The summed E-state index contributed by atoms with van der Waals surface area (Å²) in [4.78, 5) is 35.4. The Hall–Kier alpha value is -3.63. The van der Waals surface area contributed by atoms with E-state index in [2.05, 4.69) is 22.8 Å². The van der Waals surface area contributed by atoms with E-state index in [-0.39, 0.29) is 5.91 Å². The van der Waals surface area contributed by atoms with E-state index < -0.39 is 0 Å². The Morgan fingerprint density at radius 2 is 1.80 bits per heavy atom. The van der Waals surface area contributed by atoms with E-state index in [0.717, 1.165) is 35.7 Å². The van der Waals surface area contributed by atoms with E-state index in [0.29, 0.717) is 35.0 Å². The number of hydrogen-bond acceptors (Lipinski definition) is 7. The van der Waals surface area contributed by atoms with Crippen LogP contribution in [0.4, 0.5) is 5.69 Å². The largest absolute Gasteiger partial charge is 0.341 e. The fourth-order valence-corrected chi connectivity index (χ4v) is 3.44. The van der Waals surface area contributed by atoms with Gasteiger partial charge in [-0.2, -0.15) is 5.10 Å². The number of benzene rings is 2. The first-order valence-corrected chi connectivity index (χ1v) is 11.9. The molecule has 0 aromatic heterocycles. The Morgan fingerprint density at radius 1 is 1.11 bits per heavy atom. The summed E-state index contributed by atoms with van der Waals surface area (Å²) in [6.07, 6.45) is 4.39. The lowest BCUT2D eigenvalue weighted by Gasteiger charge is -2.17. The van der Waals surface area contributed by atoms with Crippen LogP contribution in [0.2, 0.25) is 0 Å². The number of hydrogen-bond donors (Lipinski definition) is 4. The zero-order chi connectivity index (χ0) is 26.2. The molecule has 0 aliphatic heterocycles. The molecule has 0 radical (unpaired) electrons. The van der Waals surface area contributed by atoms with Crippen molar-refractivity contribution in [2.45, 2.75) is 33.6 Å². The van der Waals surface area contributed by atoms with Gasteiger partial charge in [0.05, 0.1) is 4.91 Å². The number of aryl methyl sites for hydroxylation is 2. The summed E-state index contributed by atoms with van der Waals surface area (Å²) in [5, 5.41) is 5.95. The van der Waals surface area contributed by atoms with Crippen LogP contribution in [0.3, 0.4) is 0 Å². The lowest BCUT2D eigenvalue weighted by atomic mass is 10.1. The summed E-state index contributed by atoms with van der Waals surface area (Å²) in [5.41, 5.74) is 7.82. The monoisotopic (exact) mass is 498 g/mol. The summed E-state index contributed by atoms with van der Waals surface area (Å²) in [7, 11) is 1.78. The van der Waals surface area contributed by atoms with Gasteiger partial charge in [-0.25, -0.2) is 5.84 Å². The van der Waals surface area contributed by atoms with Crippen molar-refractivity contribution in [3.63, 3.8) is 0 Å². The van der Waals surface area contributed by atoms with Gasteiger partial charge in [-0.15, -0.1) is 0 Å². The number of likely N-dealkylation sites (N-methyl/N-ethyl adjacent to an activating group) is 1. The molecular weight excluding hydrogens is 464 g/mol. The molecule has 0 unspecified atom stereocenters. The lowest BCUT2D eigenvalue weighted by Crippen LogP contribution is -2.31. The first kappa shape index (κ1) is 29.4. The van der Waals surface area contributed by atoms with Gasteiger partial charge in [0.15, 0.2) is 11.5 Å². The predicted molar refractivity (Wildman–Crippen MR) is 145 cm³/mol. The molecule has 0 bridgehead atoms. The van der Waals surface area contributed by atoms with E-state index in [4.69, 9.17) is 11.7 Å². The van der Waals surface area contributed by atoms with Gasteiger partial charge < -0.3 is 21.5 Å². The van der Waals surface area contributed by atoms with Gasteiger partial charge in [0.25, 0.3) is 5.91 Å². The Balaban J connectivity index is 0.000000379. The van der Waals surface area contributed by atoms with Crippen LogP contribution < -0.4 is 22.4 Å². The van der Waals surface area contributed by atoms with Crippen molar-refractivity contribution < 1.29 is 14.4 Å². The van der Waals surface area contributed by atoms with Crippen molar-refractivity contribution in [2.24, 2.45) is 16.8 Å². The Bertz CT molecular complexity index is 1040. The molecule has 0 atom stereocenters. The summed E-state index contributed by atoms with van der Waals surface area (Å²) in [6.45, 7) is 6.88. The molecule has 0 fully saturated rings. The van der Waals surface area contributed by atoms with Crippen LogP contribution in [-0.2, 0) is 14.4 Å². The molecule has 188 valence electrons. The van der Waals surface area contributed by atoms with Crippen molar-refractivity contribution in [1.82, 2.24) is 10.3 Å². The third kappa shape index (κ3) is 10.0. The zero-order valence-corrected chi connectivity index (χ0v) is 21.4. The van der Waals surface area contributed by atoms with Crippen LogP contribution in [0.25, 0.3) is 6.08 Å². The SMILES string of the molecule is CCCCN(C)C(=O)/C(=C/c1ccc(C)c(C)c1)SC=O.N/N=C(\NN)c1ccc(NC=O)cc1. The van der Waals surface area contributed by atoms with E-state index in [1.54, 1.807) is 42.3 Å². The molecule has 2 rings (SSSR count). The minimum atomic E-state index is -0.0984. The first-order chi connectivity index (χ1) is 16.8. The first-order valence-electron chi connectivity index (χ1n) is 11.0. The van der Waals surface area contributed by atoms with Gasteiger partial charge in [0.2, 0.25) is 6.41 Å². The lowest BCUT2D eigenvalue weighted by molar-refractivity contribution is -0.125. The second-order valence-corrected chi connectivity index (χ2v) is 8.48. The van der Waals surface area contributed by atoms with E-state index in [1.807, 2.05) is 32.0 Å². The fraction of sp³-hybridized carbons (Fsp3) is 0.280. The van der Waals surface area contributed by atoms with Crippen LogP contribution in [-0.4, -0.2) is 42.3 Å². The third-order valence-corrected chi connectivity index (χ3v) is 5.70. The molecule has 6 N–H and O–H groups in total. The van der Waals surface area contributed by atoms with Crippen molar-refractivity contribution >= 4 is 47.3 Å². The van der Waals surface area contributed by atoms with Crippen LogP contribution >= 0.6 is 11.8 Å². The van der Waals surface area contributed by atoms with Crippen LogP contribution in [0.15, 0.2) is 52.5 Å². The van der Waals surface area contributed by atoms with Crippen LogP contribution in [0.1, 0.15) is 42.0 Å². The topological polar surface area (TPSA) is 143 Å². The van der Waals surface area contributed by atoms with E-state index in [1.165, 1.54) is 11.1 Å². The highest BCUT2D eigenvalue weighted by Crippen LogP contribution is 2.21. The average Bonchev–Trinajstić information content (AvgIpc) is 2.86. The zero-order valence-electron chi connectivity index (χ0n) is 20.6. The Morgan fingerprint density at radius 3 is 2.31 bits per heavy atom. The van der Waals surface area contributed by atoms with Gasteiger partial charge in [-0.1, -0.05) is 31.5 Å². The standard InChI is InChI=1S/C17H23NO2S.C8H11N5O/c1-5-6-9-18(4)17(20)16(21-12-19)11-15-8-7-13(2)14(3)10-15;9-12-8(13-10)6-1-3-7(4-2-6)11-5-14/h7-8,10-12H,5-6,9H2,1-4H3;1-5H,9-10H2,(H,11,14)(H,12,13)/b16-11-;. The molecule has 0 spiro atoms. The fourth-order valence-electron chi connectivity index (χ4n) is 2.88. The normalized spacial score (nSPS) is 11.1. The van der Waals surface area contributed by atoms with Crippen LogP contribution in [0.5, 0.6) is 0 Å². The van der Waals surface area contributed by atoms with Gasteiger partial charge >= 0.3 is 0 Å². The number of unbranched alkanes of at least 4 members (excludes halogenated alkanes) is 1. The number of carbonyl (C=O) groups excluding carboxylic acids is 3. The molecule has 35 heavy (non-hydrogen) atoms. The number of hydrazine groups is 1. The van der Waals surface area contributed by atoms with Crippen LogP contribution in [0, 0.1) is 13.8 Å². The summed E-state index contributed by atoms with van der Waals surface area (Å²) in [5.74, 6) is 10.5. The highest BCUT2D eigenvalue weighted by atomic mass is 32.2. The van der Waals surface area contributed by atoms with Gasteiger partial charge in [0, 0.05) is 24.8 Å². The second-order valence-electron chi connectivity index (χ2n) is 7.61. The smallest absolute Gasteiger partial charge is 0.260 e. The number of carbonyl (C=O) groups is 3. The number of amidine groups is 1. The number of rotatable bonds is 10. The molecule has 2 aromatic rings. The number of nitrogens with one attached hydrogen (secondary N) is 2. The summed E-state index contributed by atoms with van der Waals surface area (Å²) < 4.78 is 0. The molecule has 2 aromatic carbocycles. The van der Waals surface area contributed by atoms with Crippen molar-refractivity contribution in [3.8, 4) is 0 Å². The van der Waals surface area contributed by atoms with Gasteiger partial charge in [-0.05, 0) is 79.1 Å². The van der Waals surface area contributed by atoms with Crippen molar-refractivity contribution in [1.29, 1.82) is 0 Å². The highest BCUT2D eigenvalue weighted by Gasteiger charge is 2.15. The number of thioether (sulfide) groups is 1. The quantitative estimate of drug-likeness (QED) is 0.0984. The number of nitrogens with two attached hydrogens (primary N) is 2. The number of hydrazone groups is 1. The third-order valence-electron chi connectivity index (χ3n) is 5.06. The molecule has 9 nitrogen and oxygen atoms in total. The maximum atomic E-state index is 12.4. The number of nitrogens with zero attached hydrogens (tertiary/aromatic N) is 2. The minimum Gasteiger partial charge on any atom is -0.341 e. The average molecular weight is 499 g/mol. The number of anilines is 1. The Labute approximate surface area is 211 Å². The molecule has 0 aliphatic rings. The van der Waals surface area contributed by atoms with Gasteiger partial charge in [-0.3, -0.25) is 14.4 Å². The van der Waals surface area contributed by atoms with E-state index >= 15 is 0 Å². The predicted octanol–water partition coefficient (Wildman–Crippen LogP) is 3.16. The van der Waals surface area contributed by atoms with Crippen molar-refractivity contribution in [2.75, 3.05) is 18.9 Å². The maximum absolute atomic E-state index is 12.4. The second kappa shape index (κ2) is 16.1. The molecule has 0 aliphatic carbocycles. The maximum Gasteiger partial charge on any atom is 0.260 e. The minimum absolute atomic E-state index is 0.0984. The van der Waals surface area contributed by atoms with Crippen molar-refractivity contribution in [3.05, 3.63) is 69.6 Å². The molecule has 0 heterocycles. The highest BCUT2D eigenvalue weighted by molar-refractivity contribution is 8.16. The van der Waals surface area contributed by atoms with Gasteiger partial charge in [0.1, 0.15) is 0 Å². The molecular formula is C25H34N6O3S. The summed E-state index contributed by atoms with van der Waals surface area (Å²) in [6, 6.07) is 12.9. The number of amides is 2. The molecule has 0 saturated heterocycles. The molecule has 10 heteroatoms.